The van der Waals surface area contributed by atoms with Gasteiger partial charge in [-0.15, -0.1) is 0 Å². The van der Waals surface area contributed by atoms with Crippen molar-refractivity contribution < 1.29 is 24.2 Å². The first-order valence-electron chi connectivity index (χ1n) is 8.33. The van der Waals surface area contributed by atoms with Crippen molar-refractivity contribution in [3.8, 4) is 22.6 Å². The topological polar surface area (TPSA) is 72.8 Å². The Balaban J connectivity index is 2.15. The Morgan fingerprint density at radius 3 is 2.26 bits per heavy atom. The summed E-state index contributed by atoms with van der Waals surface area (Å²) in [5, 5.41) is 11.5. The van der Waals surface area contributed by atoms with E-state index in [1.165, 1.54) is 20.3 Å². The number of ether oxygens (including phenoxy) is 2. The van der Waals surface area contributed by atoms with Crippen molar-refractivity contribution in [1.82, 2.24) is 0 Å². The Labute approximate surface area is 155 Å². The molecule has 0 saturated carbocycles. The Hall–Kier alpha value is -3.60. The van der Waals surface area contributed by atoms with Crippen molar-refractivity contribution >= 4 is 22.3 Å². The van der Waals surface area contributed by atoms with E-state index in [2.05, 4.69) is 0 Å². The summed E-state index contributed by atoms with van der Waals surface area (Å²) < 4.78 is 10.3. The number of hydrogen-bond donors (Lipinski definition) is 1. The molecule has 4 rings (SSSR count). The first kappa shape index (κ1) is 16.8. The first-order chi connectivity index (χ1) is 13.0. The monoisotopic (exact) mass is 360 g/mol. The third-order valence-corrected chi connectivity index (χ3v) is 4.72. The van der Waals surface area contributed by atoms with Crippen LogP contribution in [0.5, 0.6) is 11.5 Å². The summed E-state index contributed by atoms with van der Waals surface area (Å²) >= 11 is 0. The lowest BCUT2D eigenvalue weighted by atomic mass is 9.84. The SMILES string of the molecule is COC1=CC(=O)c2cc(-c3ccccc3)c3cc(O)c(OC)cc3c2C1=O. The fourth-order valence-corrected chi connectivity index (χ4v) is 3.43. The zero-order chi connectivity index (χ0) is 19.1. The molecule has 3 aromatic carbocycles. The largest absolute Gasteiger partial charge is 0.504 e. The zero-order valence-electron chi connectivity index (χ0n) is 14.8. The van der Waals surface area contributed by atoms with Crippen LogP contribution in [0.2, 0.25) is 0 Å². The van der Waals surface area contributed by atoms with Gasteiger partial charge in [0.05, 0.1) is 14.2 Å². The number of hydrogen-bond acceptors (Lipinski definition) is 5. The van der Waals surface area contributed by atoms with Gasteiger partial charge in [-0.25, -0.2) is 0 Å². The molecule has 0 saturated heterocycles. The van der Waals surface area contributed by atoms with Crippen LogP contribution in [0.15, 0.2) is 60.4 Å². The molecule has 0 spiro atoms. The van der Waals surface area contributed by atoms with Crippen LogP contribution >= 0.6 is 0 Å². The molecule has 134 valence electrons. The lowest BCUT2D eigenvalue weighted by Crippen LogP contribution is -2.18. The normalized spacial score (nSPS) is 13.3. The Bertz CT molecular complexity index is 1130. The molecule has 5 heteroatoms. The van der Waals surface area contributed by atoms with Crippen LogP contribution in [-0.4, -0.2) is 30.9 Å². The van der Waals surface area contributed by atoms with Crippen LogP contribution < -0.4 is 4.74 Å². The van der Waals surface area contributed by atoms with E-state index in [4.69, 9.17) is 9.47 Å². The molecular formula is C22H16O5. The Kier molecular flexibility index (Phi) is 3.92. The summed E-state index contributed by atoms with van der Waals surface area (Å²) in [6.45, 7) is 0. The maximum absolute atomic E-state index is 12.9. The number of carbonyl (C=O) groups excluding carboxylic acids is 2. The fourth-order valence-electron chi connectivity index (χ4n) is 3.43. The van der Waals surface area contributed by atoms with Gasteiger partial charge in [0.15, 0.2) is 23.0 Å². The van der Waals surface area contributed by atoms with E-state index in [0.29, 0.717) is 16.3 Å². The summed E-state index contributed by atoms with van der Waals surface area (Å²) in [5.74, 6) is -0.492. The molecule has 1 N–H and O–H groups in total. The summed E-state index contributed by atoms with van der Waals surface area (Å²) in [4.78, 5) is 25.6. The zero-order valence-corrected chi connectivity index (χ0v) is 14.8. The molecular weight excluding hydrogens is 344 g/mol. The molecule has 0 aliphatic heterocycles. The quantitative estimate of drug-likeness (QED) is 0.760. The summed E-state index contributed by atoms with van der Waals surface area (Å²) in [6, 6.07) is 14.3. The highest BCUT2D eigenvalue weighted by Crippen LogP contribution is 2.41. The van der Waals surface area contributed by atoms with Crippen molar-refractivity contribution in [3.05, 3.63) is 71.5 Å². The van der Waals surface area contributed by atoms with Crippen molar-refractivity contribution in [2.75, 3.05) is 14.2 Å². The number of methoxy groups -OCH3 is 2. The van der Waals surface area contributed by atoms with Gasteiger partial charge in [-0.2, -0.15) is 0 Å². The van der Waals surface area contributed by atoms with E-state index >= 15 is 0 Å². The summed E-state index contributed by atoms with van der Waals surface area (Å²) in [7, 11) is 2.79. The second-order valence-electron chi connectivity index (χ2n) is 6.19. The van der Waals surface area contributed by atoms with Crippen LogP contribution in [0.3, 0.4) is 0 Å². The molecule has 0 aromatic heterocycles. The van der Waals surface area contributed by atoms with E-state index in [0.717, 1.165) is 11.1 Å². The molecule has 0 unspecified atom stereocenters. The Morgan fingerprint density at radius 2 is 1.59 bits per heavy atom. The maximum Gasteiger partial charge on any atom is 0.229 e. The molecule has 0 atom stereocenters. The van der Waals surface area contributed by atoms with Gasteiger partial charge in [-0.3, -0.25) is 9.59 Å². The standard InChI is InChI=1S/C22H16O5/c1-26-19-10-15-14(9-18(19)24)13(12-6-4-3-5-7-12)8-16-17(23)11-20(27-2)22(25)21(15)16/h3-11,24H,1-2H3. The number of rotatable bonds is 3. The highest BCUT2D eigenvalue weighted by molar-refractivity contribution is 6.29. The number of carbonyl (C=O) groups is 2. The van der Waals surface area contributed by atoms with Gasteiger partial charge in [0.1, 0.15) is 0 Å². The molecule has 0 fully saturated rings. The van der Waals surface area contributed by atoms with Crippen LogP contribution in [0, 0.1) is 0 Å². The number of benzene rings is 3. The number of phenols is 1. The predicted octanol–water partition coefficient (Wildman–Crippen LogP) is 4.13. The highest BCUT2D eigenvalue weighted by Gasteiger charge is 2.30. The fraction of sp³-hybridized carbons (Fsp3) is 0.0909. The van der Waals surface area contributed by atoms with Crippen LogP contribution in [-0.2, 0) is 4.74 Å². The van der Waals surface area contributed by atoms with Crippen LogP contribution in [0.25, 0.3) is 21.9 Å². The molecule has 0 bridgehead atoms. The summed E-state index contributed by atoms with van der Waals surface area (Å²) in [6.07, 6.45) is 1.21. The number of aromatic hydroxyl groups is 1. The van der Waals surface area contributed by atoms with Gasteiger partial charge < -0.3 is 14.6 Å². The van der Waals surface area contributed by atoms with Gasteiger partial charge in [-0.05, 0) is 40.1 Å². The second kappa shape index (κ2) is 6.29. The van der Waals surface area contributed by atoms with Gasteiger partial charge in [-0.1, -0.05) is 30.3 Å². The highest BCUT2D eigenvalue weighted by atomic mass is 16.5. The van der Waals surface area contributed by atoms with E-state index in [9.17, 15) is 14.7 Å². The minimum Gasteiger partial charge on any atom is -0.504 e. The van der Waals surface area contributed by atoms with Crippen LogP contribution in [0.4, 0.5) is 0 Å². The third kappa shape index (κ3) is 2.56. The van der Waals surface area contributed by atoms with Crippen molar-refractivity contribution in [2.45, 2.75) is 0 Å². The van der Waals surface area contributed by atoms with Gasteiger partial charge in [0, 0.05) is 17.2 Å². The van der Waals surface area contributed by atoms with Gasteiger partial charge in [0.25, 0.3) is 0 Å². The van der Waals surface area contributed by atoms with E-state index in [1.807, 2.05) is 30.3 Å². The van der Waals surface area contributed by atoms with Crippen LogP contribution in [0.1, 0.15) is 20.7 Å². The van der Waals surface area contributed by atoms with Crippen molar-refractivity contribution in [1.29, 1.82) is 0 Å². The average molecular weight is 360 g/mol. The van der Waals surface area contributed by atoms with Gasteiger partial charge >= 0.3 is 0 Å². The van der Waals surface area contributed by atoms with Gasteiger partial charge in [0.2, 0.25) is 5.78 Å². The molecule has 1 aliphatic rings. The minimum atomic E-state index is -0.371. The molecule has 5 nitrogen and oxygen atoms in total. The number of phenolic OH excluding ortho intramolecular Hbond substituents is 1. The second-order valence-corrected chi connectivity index (χ2v) is 6.19. The molecule has 0 radical (unpaired) electrons. The third-order valence-electron chi connectivity index (χ3n) is 4.72. The summed E-state index contributed by atoms with van der Waals surface area (Å²) in [5.41, 5.74) is 2.18. The number of fused-ring (bicyclic) bond motifs is 3. The van der Waals surface area contributed by atoms with Crippen molar-refractivity contribution in [3.63, 3.8) is 0 Å². The van der Waals surface area contributed by atoms with Crippen molar-refractivity contribution in [2.24, 2.45) is 0 Å². The maximum atomic E-state index is 12.9. The lowest BCUT2D eigenvalue weighted by Gasteiger charge is -2.20. The smallest absolute Gasteiger partial charge is 0.229 e. The molecule has 27 heavy (non-hydrogen) atoms. The molecule has 0 amide bonds. The average Bonchev–Trinajstić information content (AvgIpc) is 2.69. The Morgan fingerprint density at radius 1 is 0.852 bits per heavy atom. The number of allylic oxidation sites excluding steroid dienone is 2. The first-order valence-corrected chi connectivity index (χ1v) is 8.33. The molecule has 1 aliphatic carbocycles. The van der Waals surface area contributed by atoms with E-state index in [1.54, 1.807) is 18.2 Å². The predicted molar refractivity (Wildman–Crippen MR) is 101 cm³/mol. The minimum absolute atomic E-state index is 0.00620. The number of ketones is 2. The number of Topliss-reactive ketones (excluding diaryl/α,β-unsaturated/α-hetero) is 1. The molecule has 0 heterocycles. The van der Waals surface area contributed by atoms with E-state index in [-0.39, 0.29) is 34.4 Å². The van der Waals surface area contributed by atoms with E-state index < -0.39 is 0 Å². The lowest BCUT2D eigenvalue weighted by molar-refractivity contribution is 0.0918. The molecule has 3 aromatic rings.